The molecular formula is C40H54N2O8. The highest BCUT2D eigenvalue weighted by atomic mass is 16.6. The largest absolute Gasteiger partial charge is 0.496 e. The van der Waals surface area contributed by atoms with Crippen LogP contribution in [0.25, 0.3) is 0 Å². The number of benzene rings is 3. The molecule has 3 aromatic carbocycles. The number of carbonyl (C=O) groups is 2. The molecule has 0 aromatic heterocycles. The van der Waals surface area contributed by atoms with Crippen molar-refractivity contribution in [2.75, 3.05) is 60.2 Å². The summed E-state index contributed by atoms with van der Waals surface area (Å²) < 4.78 is 35.5. The van der Waals surface area contributed by atoms with Crippen LogP contribution in [0.2, 0.25) is 0 Å². The fourth-order valence-electron chi connectivity index (χ4n) is 5.77. The van der Waals surface area contributed by atoms with E-state index in [1.165, 1.54) is 0 Å². The molecule has 0 N–H and O–H groups in total. The van der Waals surface area contributed by atoms with Gasteiger partial charge in [0.1, 0.15) is 29.5 Å². The summed E-state index contributed by atoms with van der Waals surface area (Å²) in [6.45, 7) is 11.1. The van der Waals surface area contributed by atoms with Crippen LogP contribution in [0.5, 0.6) is 17.2 Å². The Bertz CT molecular complexity index is 1490. The molecule has 1 heterocycles. The minimum absolute atomic E-state index is 0.0311. The Hall–Kier alpha value is -4.28. The summed E-state index contributed by atoms with van der Waals surface area (Å²) in [5.74, 6) is 2.52. The van der Waals surface area contributed by atoms with Crippen LogP contribution in [0.15, 0.2) is 72.8 Å². The van der Waals surface area contributed by atoms with Crippen LogP contribution >= 0.6 is 0 Å². The van der Waals surface area contributed by atoms with E-state index in [4.69, 9.17) is 28.4 Å². The standard InChI is InChI=1S/C40H54N2O8/c1-30(43)41(5)22-20-32-12-7-10-15-37(32)48-26-27-49-38-28-42(39(44)50-40(2,3)4)23-21-35(38)31-16-18-34(19-17-31)47-25-11-24-46-29-33-13-8-9-14-36(33)45-6/h7-10,12-19,35,38H,11,20-29H2,1-6H3. The number of rotatable bonds is 17. The van der Waals surface area contributed by atoms with Gasteiger partial charge in [-0.15, -0.1) is 0 Å². The van der Waals surface area contributed by atoms with Gasteiger partial charge in [0.05, 0.1) is 46.2 Å². The molecule has 0 radical (unpaired) electrons. The summed E-state index contributed by atoms with van der Waals surface area (Å²) >= 11 is 0. The van der Waals surface area contributed by atoms with Crippen molar-refractivity contribution in [3.8, 4) is 17.2 Å². The van der Waals surface area contributed by atoms with Crippen LogP contribution < -0.4 is 14.2 Å². The van der Waals surface area contributed by atoms with Gasteiger partial charge in [0.2, 0.25) is 5.91 Å². The molecule has 0 saturated carbocycles. The molecule has 0 aliphatic carbocycles. The van der Waals surface area contributed by atoms with Gasteiger partial charge in [-0.05, 0) is 69.0 Å². The number of piperidine rings is 1. The second kappa shape index (κ2) is 19.2. The van der Waals surface area contributed by atoms with Gasteiger partial charge < -0.3 is 38.2 Å². The Kier molecular flexibility index (Phi) is 14.8. The van der Waals surface area contributed by atoms with Crippen molar-refractivity contribution in [3.05, 3.63) is 89.5 Å². The first-order valence-corrected chi connectivity index (χ1v) is 17.5. The number of likely N-dealkylation sites (tertiary alicyclic amines) is 1. The molecule has 272 valence electrons. The van der Waals surface area contributed by atoms with Gasteiger partial charge in [0.25, 0.3) is 0 Å². The number of carbonyl (C=O) groups excluding carboxylic acids is 2. The number of nitrogens with zero attached hydrogens (tertiary/aromatic N) is 2. The minimum Gasteiger partial charge on any atom is -0.496 e. The monoisotopic (exact) mass is 690 g/mol. The lowest BCUT2D eigenvalue weighted by Gasteiger charge is -2.39. The van der Waals surface area contributed by atoms with Crippen LogP contribution in [-0.2, 0) is 32.0 Å². The normalized spacial score (nSPS) is 16.1. The van der Waals surface area contributed by atoms with Gasteiger partial charge in [-0.1, -0.05) is 48.5 Å². The Morgan fingerprint density at radius 1 is 0.860 bits per heavy atom. The van der Waals surface area contributed by atoms with E-state index >= 15 is 0 Å². The molecule has 1 fully saturated rings. The molecular weight excluding hydrogens is 636 g/mol. The fraction of sp³-hybridized carbons (Fsp3) is 0.500. The van der Waals surface area contributed by atoms with Crippen LogP contribution in [0.1, 0.15) is 63.1 Å². The van der Waals surface area contributed by atoms with Crippen molar-refractivity contribution in [3.63, 3.8) is 0 Å². The Labute approximate surface area is 297 Å². The maximum atomic E-state index is 13.0. The van der Waals surface area contributed by atoms with Gasteiger partial charge >= 0.3 is 6.09 Å². The quantitative estimate of drug-likeness (QED) is 0.141. The summed E-state index contributed by atoms with van der Waals surface area (Å²) in [4.78, 5) is 28.1. The highest BCUT2D eigenvalue weighted by Crippen LogP contribution is 2.32. The van der Waals surface area contributed by atoms with Crippen molar-refractivity contribution >= 4 is 12.0 Å². The molecule has 2 atom stereocenters. The zero-order valence-corrected chi connectivity index (χ0v) is 30.5. The minimum atomic E-state index is -0.581. The number of likely N-dealkylation sites (N-methyl/N-ethyl adjacent to an activating group) is 1. The average molecular weight is 691 g/mol. The zero-order valence-electron chi connectivity index (χ0n) is 30.5. The first kappa shape index (κ1) is 38.5. The van der Waals surface area contributed by atoms with E-state index in [1.54, 1.807) is 30.9 Å². The lowest BCUT2D eigenvalue weighted by atomic mass is 9.87. The van der Waals surface area contributed by atoms with Crippen LogP contribution in [0.4, 0.5) is 4.79 Å². The second-order valence-corrected chi connectivity index (χ2v) is 13.5. The Morgan fingerprint density at radius 3 is 2.26 bits per heavy atom. The van der Waals surface area contributed by atoms with Crippen molar-refractivity contribution < 1.29 is 38.0 Å². The average Bonchev–Trinajstić information content (AvgIpc) is 3.10. The van der Waals surface area contributed by atoms with Gasteiger partial charge in [-0.2, -0.15) is 0 Å². The SMILES string of the molecule is COc1ccccc1COCCCOc1ccc(C2CCN(C(=O)OC(C)(C)C)CC2OCCOc2ccccc2CCN(C)C(C)=O)cc1. The summed E-state index contributed by atoms with van der Waals surface area (Å²) in [5, 5.41) is 0. The molecule has 0 bridgehead atoms. The smallest absolute Gasteiger partial charge is 0.410 e. The number of para-hydroxylation sites is 2. The Morgan fingerprint density at radius 2 is 1.56 bits per heavy atom. The van der Waals surface area contributed by atoms with Crippen molar-refractivity contribution in [2.45, 2.75) is 71.2 Å². The van der Waals surface area contributed by atoms with E-state index in [0.717, 1.165) is 46.8 Å². The van der Waals surface area contributed by atoms with Gasteiger partial charge in [-0.25, -0.2) is 4.79 Å². The molecule has 2 amide bonds. The molecule has 2 unspecified atom stereocenters. The molecule has 1 aliphatic rings. The first-order valence-electron chi connectivity index (χ1n) is 17.5. The van der Waals surface area contributed by atoms with Crippen molar-refractivity contribution in [2.24, 2.45) is 0 Å². The van der Waals surface area contributed by atoms with Crippen molar-refractivity contribution in [1.29, 1.82) is 0 Å². The number of amides is 2. The first-order chi connectivity index (χ1) is 24.0. The van der Waals surface area contributed by atoms with E-state index in [1.807, 2.05) is 81.4 Å². The van der Waals surface area contributed by atoms with E-state index in [-0.39, 0.29) is 24.0 Å². The number of hydrogen-bond acceptors (Lipinski definition) is 8. The highest BCUT2D eigenvalue weighted by Gasteiger charge is 2.35. The summed E-state index contributed by atoms with van der Waals surface area (Å²) in [5.41, 5.74) is 2.61. The summed E-state index contributed by atoms with van der Waals surface area (Å²) in [6.07, 6.45) is 1.62. The zero-order chi connectivity index (χ0) is 35.9. The molecule has 1 saturated heterocycles. The number of ether oxygens (including phenoxy) is 6. The maximum absolute atomic E-state index is 13.0. The lowest BCUT2D eigenvalue weighted by Crippen LogP contribution is -2.48. The molecule has 10 nitrogen and oxygen atoms in total. The number of hydrogen-bond donors (Lipinski definition) is 0. The summed E-state index contributed by atoms with van der Waals surface area (Å²) in [6, 6.07) is 23.9. The molecule has 10 heteroatoms. The second-order valence-electron chi connectivity index (χ2n) is 13.5. The third-order valence-corrected chi connectivity index (χ3v) is 8.57. The Balaban J connectivity index is 1.30. The van der Waals surface area contributed by atoms with Gasteiger partial charge in [-0.3, -0.25) is 4.79 Å². The summed E-state index contributed by atoms with van der Waals surface area (Å²) in [7, 11) is 3.46. The van der Waals surface area contributed by atoms with Crippen LogP contribution in [0, 0.1) is 0 Å². The third kappa shape index (κ3) is 12.2. The molecule has 3 aromatic rings. The lowest BCUT2D eigenvalue weighted by molar-refractivity contribution is -0.127. The van der Waals surface area contributed by atoms with E-state index in [9.17, 15) is 9.59 Å². The molecule has 0 spiro atoms. The highest BCUT2D eigenvalue weighted by molar-refractivity contribution is 5.72. The van der Waals surface area contributed by atoms with Gasteiger partial charge in [0, 0.05) is 45.0 Å². The molecule has 1 aliphatic heterocycles. The third-order valence-electron chi connectivity index (χ3n) is 8.57. The van der Waals surface area contributed by atoms with Crippen LogP contribution in [-0.4, -0.2) is 93.7 Å². The van der Waals surface area contributed by atoms with Crippen LogP contribution in [0.3, 0.4) is 0 Å². The number of methoxy groups -OCH3 is 1. The predicted octanol–water partition coefficient (Wildman–Crippen LogP) is 6.89. The van der Waals surface area contributed by atoms with Gasteiger partial charge in [0.15, 0.2) is 0 Å². The maximum Gasteiger partial charge on any atom is 0.410 e. The predicted molar refractivity (Wildman–Crippen MR) is 193 cm³/mol. The fourth-order valence-corrected chi connectivity index (χ4v) is 5.77. The van der Waals surface area contributed by atoms with Crippen molar-refractivity contribution in [1.82, 2.24) is 9.80 Å². The van der Waals surface area contributed by atoms with E-state index in [0.29, 0.717) is 59.1 Å². The molecule has 50 heavy (non-hydrogen) atoms. The van der Waals surface area contributed by atoms with E-state index < -0.39 is 5.60 Å². The molecule has 4 rings (SSSR count). The topological polar surface area (TPSA) is 96.0 Å². The van der Waals surface area contributed by atoms with E-state index in [2.05, 4.69) is 12.1 Å².